The Morgan fingerprint density at radius 3 is 3.00 bits per heavy atom. The first-order chi connectivity index (χ1) is 10.1. The highest BCUT2D eigenvalue weighted by molar-refractivity contribution is 7.14. The Morgan fingerprint density at radius 2 is 2.38 bits per heavy atom. The van der Waals surface area contributed by atoms with Crippen molar-refractivity contribution < 1.29 is 19.4 Å². The van der Waals surface area contributed by atoms with E-state index < -0.39 is 5.97 Å². The van der Waals surface area contributed by atoms with Crippen LogP contribution in [0.15, 0.2) is 6.07 Å². The molecule has 1 unspecified atom stereocenters. The predicted octanol–water partition coefficient (Wildman–Crippen LogP) is 3.88. The number of hydrogen-bond acceptors (Lipinski definition) is 4. The van der Waals surface area contributed by atoms with Gasteiger partial charge in [-0.25, -0.2) is 4.79 Å². The topological polar surface area (TPSA) is 55.8 Å². The molecule has 0 amide bonds. The van der Waals surface area contributed by atoms with Gasteiger partial charge in [0.15, 0.2) is 4.88 Å². The Kier molecular flexibility index (Phi) is 4.22. The number of hydrogen-bond donors (Lipinski definition) is 1. The summed E-state index contributed by atoms with van der Waals surface area (Å²) in [7, 11) is 0. The molecule has 0 bridgehead atoms. The summed E-state index contributed by atoms with van der Waals surface area (Å²) in [6, 6.07) is 1.92. The van der Waals surface area contributed by atoms with E-state index in [0.29, 0.717) is 10.6 Å². The number of aromatic carboxylic acids is 1. The summed E-state index contributed by atoms with van der Waals surface area (Å²) >= 11 is 1.34. The van der Waals surface area contributed by atoms with Crippen molar-refractivity contribution in [3.8, 4) is 5.75 Å². The molecule has 0 radical (unpaired) electrons. The summed E-state index contributed by atoms with van der Waals surface area (Å²) in [6.07, 6.45) is 7.20. The predicted molar refractivity (Wildman–Crippen MR) is 81.5 cm³/mol. The molecule has 1 atom stereocenters. The molecule has 1 saturated heterocycles. The maximum atomic E-state index is 11.4. The van der Waals surface area contributed by atoms with E-state index in [-0.39, 0.29) is 11.7 Å². The molecule has 0 aromatic carbocycles. The molecule has 1 spiro atoms. The molecule has 2 fully saturated rings. The first-order valence-electron chi connectivity index (χ1n) is 7.78. The van der Waals surface area contributed by atoms with Crippen LogP contribution in [0.4, 0.5) is 0 Å². The van der Waals surface area contributed by atoms with Crippen LogP contribution in [0, 0.1) is 0 Å². The number of thiophene rings is 1. The summed E-state index contributed by atoms with van der Waals surface area (Å²) in [6.45, 7) is 2.82. The van der Waals surface area contributed by atoms with Gasteiger partial charge in [-0.05, 0) is 31.7 Å². The number of carboxylic acids is 1. The Morgan fingerprint density at radius 1 is 1.57 bits per heavy atom. The zero-order chi connectivity index (χ0) is 14.9. The lowest BCUT2D eigenvalue weighted by atomic mass is 9.74. The van der Waals surface area contributed by atoms with E-state index in [9.17, 15) is 9.90 Å². The van der Waals surface area contributed by atoms with Gasteiger partial charge in [0.05, 0.1) is 12.2 Å². The summed E-state index contributed by atoms with van der Waals surface area (Å²) in [4.78, 5) is 12.8. The Balaban J connectivity index is 1.72. The first kappa shape index (κ1) is 14.9. The van der Waals surface area contributed by atoms with Crippen LogP contribution in [0.25, 0.3) is 0 Å². The fraction of sp³-hybridized carbons (Fsp3) is 0.688. The number of rotatable bonds is 5. The average molecular weight is 310 g/mol. The van der Waals surface area contributed by atoms with E-state index in [1.807, 2.05) is 6.07 Å². The van der Waals surface area contributed by atoms with Gasteiger partial charge in [-0.1, -0.05) is 13.3 Å². The monoisotopic (exact) mass is 310 g/mol. The molecule has 1 aliphatic heterocycles. The van der Waals surface area contributed by atoms with E-state index in [1.54, 1.807) is 0 Å². The number of ether oxygens (including phenoxy) is 2. The minimum Gasteiger partial charge on any atom is -0.488 e. The highest BCUT2D eigenvalue weighted by atomic mass is 32.1. The molecule has 1 aliphatic carbocycles. The number of aryl methyl sites for hydroxylation is 1. The Hall–Kier alpha value is -1.07. The van der Waals surface area contributed by atoms with Gasteiger partial charge < -0.3 is 14.6 Å². The van der Waals surface area contributed by atoms with E-state index in [2.05, 4.69) is 6.92 Å². The molecule has 4 nitrogen and oxygen atoms in total. The van der Waals surface area contributed by atoms with E-state index in [1.165, 1.54) is 17.8 Å². The molecule has 2 aliphatic rings. The van der Waals surface area contributed by atoms with E-state index >= 15 is 0 Å². The van der Waals surface area contributed by atoms with Gasteiger partial charge >= 0.3 is 5.97 Å². The molecule has 5 heteroatoms. The highest BCUT2D eigenvalue weighted by Gasteiger charge is 2.43. The van der Waals surface area contributed by atoms with Crippen molar-refractivity contribution in [2.45, 2.75) is 63.6 Å². The van der Waals surface area contributed by atoms with Crippen molar-refractivity contribution in [3.63, 3.8) is 0 Å². The van der Waals surface area contributed by atoms with Gasteiger partial charge in [0.25, 0.3) is 0 Å². The molecule has 2 heterocycles. The lowest BCUT2D eigenvalue weighted by molar-refractivity contribution is -0.153. The smallest absolute Gasteiger partial charge is 0.349 e. The van der Waals surface area contributed by atoms with Crippen LogP contribution in [0.2, 0.25) is 0 Å². The normalized spacial score (nSPS) is 23.8. The van der Waals surface area contributed by atoms with Crippen LogP contribution in [-0.4, -0.2) is 29.4 Å². The molecule has 1 saturated carbocycles. The van der Waals surface area contributed by atoms with Gasteiger partial charge in [-0.2, -0.15) is 0 Å². The maximum Gasteiger partial charge on any atom is 0.349 e. The van der Waals surface area contributed by atoms with Crippen LogP contribution >= 0.6 is 11.3 Å². The fourth-order valence-electron chi connectivity index (χ4n) is 3.21. The second-order valence-electron chi connectivity index (χ2n) is 6.08. The summed E-state index contributed by atoms with van der Waals surface area (Å²) in [5.41, 5.74) is 0.0224. The number of carbonyl (C=O) groups is 1. The van der Waals surface area contributed by atoms with Gasteiger partial charge in [-0.15, -0.1) is 11.3 Å². The summed E-state index contributed by atoms with van der Waals surface area (Å²) < 4.78 is 12.0. The third-order valence-corrected chi connectivity index (χ3v) is 5.61. The molecular formula is C16H22O4S. The Labute approximate surface area is 129 Å². The van der Waals surface area contributed by atoms with Crippen molar-refractivity contribution in [1.82, 2.24) is 0 Å². The molecule has 1 N–H and O–H groups in total. The standard InChI is InChI=1S/C16H22O4S/c1-2-4-12-9-13(14(21-12)15(17)18)20-11-5-8-19-16(10-11)6-3-7-16/h9,11H,2-8,10H2,1H3,(H,17,18). The molecule has 1 aromatic rings. The maximum absolute atomic E-state index is 11.4. The van der Waals surface area contributed by atoms with Crippen LogP contribution in [0.5, 0.6) is 5.75 Å². The molecule has 116 valence electrons. The van der Waals surface area contributed by atoms with Crippen molar-refractivity contribution >= 4 is 17.3 Å². The molecule has 3 rings (SSSR count). The van der Waals surface area contributed by atoms with Crippen molar-refractivity contribution in [2.24, 2.45) is 0 Å². The van der Waals surface area contributed by atoms with Gasteiger partial charge in [0.2, 0.25) is 0 Å². The Bertz CT molecular complexity index is 518. The van der Waals surface area contributed by atoms with Gasteiger partial charge in [-0.3, -0.25) is 0 Å². The second-order valence-corrected chi connectivity index (χ2v) is 7.22. The third-order valence-electron chi connectivity index (χ3n) is 4.45. The lowest BCUT2D eigenvalue weighted by Crippen LogP contribution is -2.48. The largest absolute Gasteiger partial charge is 0.488 e. The quantitative estimate of drug-likeness (QED) is 0.896. The molecular weight excluding hydrogens is 288 g/mol. The van der Waals surface area contributed by atoms with Crippen LogP contribution < -0.4 is 4.74 Å². The van der Waals surface area contributed by atoms with Crippen molar-refractivity contribution in [3.05, 3.63) is 15.8 Å². The third kappa shape index (κ3) is 3.09. The fourth-order valence-corrected chi connectivity index (χ4v) is 4.24. The average Bonchev–Trinajstić information content (AvgIpc) is 2.81. The highest BCUT2D eigenvalue weighted by Crippen LogP contribution is 2.43. The molecule has 21 heavy (non-hydrogen) atoms. The van der Waals surface area contributed by atoms with Gasteiger partial charge in [0, 0.05) is 17.7 Å². The van der Waals surface area contributed by atoms with Crippen LogP contribution in [0.1, 0.15) is 60.0 Å². The lowest BCUT2D eigenvalue weighted by Gasteiger charge is -2.46. The van der Waals surface area contributed by atoms with Crippen LogP contribution in [0.3, 0.4) is 0 Å². The van der Waals surface area contributed by atoms with Gasteiger partial charge in [0.1, 0.15) is 11.9 Å². The zero-order valence-electron chi connectivity index (χ0n) is 12.4. The van der Waals surface area contributed by atoms with Crippen molar-refractivity contribution in [2.75, 3.05) is 6.61 Å². The molecule has 1 aromatic heterocycles. The first-order valence-corrected chi connectivity index (χ1v) is 8.60. The van der Waals surface area contributed by atoms with E-state index in [0.717, 1.165) is 50.0 Å². The SMILES string of the molecule is CCCc1cc(OC2CCOC3(CCC3)C2)c(C(=O)O)s1. The van der Waals surface area contributed by atoms with E-state index in [4.69, 9.17) is 9.47 Å². The van der Waals surface area contributed by atoms with Crippen LogP contribution in [-0.2, 0) is 11.2 Å². The minimum atomic E-state index is -0.886. The second kappa shape index (κ2) is 5.97. The number of carboxylic acid groups (broad SMARTS) is 1. The minimum absolute atomic E-state index is 0.0224. The summed E-state index contributed by atoms with van der Waals surface area (Å²) in [5, 5.41) is 9.34. The van der Waals surface area contributed by atoms with Crippen molar-refractivity contribution in [1.29, 1.82) is 0 Å². The zero-order valence-corrected chi connectivity index (χ0v) is 13.2. The summed E-state index contributed by atoms with van der Waals surface area (Å²) in [5.74, 6) is -0.333.